The Labute approximate surface area is 85.2 Å². The summed E-state index contributed by atoms with van der Waals surface area (Å²) in [5, 5.41) is 0.774. The van der Waals surface area contributed by atoms with Gasteiger partial charge >= 0.3 is 0 Å². The third-order valence-corrected chi connectivity index (χ3v) is 1.75. The minimum atomic E-state index is -2.36. The molecule has 13 heavy (non-hydrogen) atoms. The van der Waals surface area contributed by atoms with Crippen LogP contribution in [0.1, 0.15) is 5.56 Å². The van der Waals surface area contributed by atoms with Gasteiger partial charge in [-0.15, -0.1) is 0 Å². The Morgan fingerprint density at radius 3 is 1.92 bits per heavy atom. The van der Waals surface area contributed by atoms with Gasteiger partial charge < -0.3 is 6.15 Å². The Kier molecular flexibility index (Phi) is 5.21. The van der Waals surface area contributed by atoms with E-state index >= 15 is 0 Å². The van der Waals surface area contributed by atoms with Crippen molar-refractivity contribution in [2.75, 3.05) is 0 Å². The zero-order valence-electron chi connectivity index (χ0n) is 6.74. The van der Waals surface area contributed by atoms with Crippen LogP contribution >= 0.6 is 23.2 Å². The molecule has 1 rings (SSSR count). The van der Waals surface area contributed by atoms with Crippen molar-refractivity contribution in [3.05, 3.63) is 33.8 Å². The van der Waals surface area contributed by atoms with Crippen LogP contribution in [0.5, 0.6) is 0 Å². The molecule has 0 heterocycles. The van der Waals surface area contributed by atoms with Crippen molar-refractivity contribution in [3.8, 4) is 0 Å². The Hall–Kier alpha value is -0.380. The minimum Gasteiger partial charge on any atom is -0.344 e. The minimum absolute atomic E-state index is 0. The summed E-state index contributed by atoms with van der Waals surface area (Å²) >= 11 is 11.2. The summed E-state index contributed by atoms with van der Waals surface area (Å²) in [6.45, 7) is 0. The number of rotatable bonds is 2. The van der Waals surface area contributed by atoms with Gasteiger partial charge in [-0.1, -0.05) is 23.2 Å². The van der Waals surface area contributed by atoms with E-state index in [0.717, 1.165) is 0 Å². The van der Waals surface area contributed by atoms with Crippen molar-refractivity contribution < 1.29 is 8.78 Å². The highest BCUT2D eigenvalue weighted by atomic mass is 35.5. The molecule has 0 aliphatic rings. The number of halogens is 4. The SMILES string of the molecule is FC(F)Cc1cc(Cl)cc(Cl)c1.N. The highest BCUT2D eigenvalue weighted by Crippen LogP contribution is 2.20. The first-order valence-corrected chi connectivity index (χ1v) is 4.06. The lowest BCUT2D eigenvalue weighted by molar-refractivity contribution is 0.149. The smallest absolute Gasteiger partial charge is 0.242 e. The molecule has 1 nitrogen and oxygen atoms in total. The lowest BCUT2D eigenvalue weighted by Crippen LogP contribution is -1.96. The maximum atomic E-state index is 11.9. The van der Waals surface area contributed by atoms with Crippen molar-refractivity contribution in [1.29, 1.82) is 0 Å². The number of hydrogen-bond acceptors (Lipinski definition) is 1. The molecule has 0 saturated carbocycles. The molecule has 5 heteroatoms. The molecule has 0 aliphatic carbocycles. The van der Waals surface area contributed by atoms with Gasteiger partial charge in [-0.25, -0.2) is 8.78 Å². The van der Waals surface area contributed by atoms with E-state index in [9.17, 15) is 8.78 Å². The van der Waals surface area contributed by atoms with Gasteiger partial charge in [0.25, 0.3) is 0 Å². The topological polar surface area (TPSA) is 35.0 Å². The van der Waals surface area contributed by atoms with Crippen molar-refractivity contribution in [1.82, 2.24) is 6.15 Å². The molecule has 0 radical (unpaired) electrons. The van der Waals surface area contributed by atoms with E-state index in [2.05, 4.69) is 0 Å². The first kappa shape index (κ1) is 12.6. The highest BCUT2D eigenvalue weighted by molar-refractivity contribution is 6.34. The van der Waals surface area contributed by atoms with Crippen LogP contribution in [0.3, 0.4) is 0 Å². The summed E-state index contributed by atoms with van der Waals surface area (Å²) in [5.41, 5.74) is 0.461. The van der Waals surface area contributed by atoms with Crippen molar-refractivity contribution in [3.63, 3.8) is 0 Å². The molecule has 1 aromatic carbocycles. The van der Waals surface area contributed by atoms with Gasteiger partial charge in [0.05, 0.1) is 0 Å². The molecule has 0 spiro atoms. The molecular formula is C8H9Cl2F2N. The molecule has 74 valence electrons. The van der Waals surface area contributed by atoms with Crippen molar-refractivity contribution in [2.24, 2.45) is 0 Å². The summed E-state index contributed by atoms with van der Waals surface area (Å²) in [7, 11) is 0. The summed E-state index contributed by atoms with van der Waals surface area (Å²) in [4.78, 5) is 0. The molecule has 3 N–H and O–H groups in total. The lowest BCUT2D eigenvalue weighted by Gasteiger charge is -2.01. The van der Waals surface area contributed by atoms with Crippen molar-refractivity contribution >= 4 is 23.2 Å². The fourth-order valence-corrected chi connectivity index (χ4v) is 1.48. The van der Waals surface area contributed by atoms with E-state index in [0.29, 0.717) is 15.6 Å². The van der Waals surface area contributed by atoms with Gasteiger partial charge in [0.1, 0.15) is 0 Å². The number of benzene rings is 1. The molecule has 0 saturated heterocycles. The number of alkyl halides is 2. The Balaban J connectivity index is 0.00000144. The zero-order valence-corrected chi connectivity index (χ0v) is 8.25. The Morgan fingerprint density at radius 2 is 1.54 bits per heavy atom. The molecular weight excluding hydrogens is 219 g/mol. The summed E-state index contributed by atoms with van der Waals surface area (Å²) < 4.78 is 23.8. The fourth-order valence-electron chi connectivity index (χ4n) is 0.907. The average molecular weight is 228 g/mol. The van der Waals surface area contributed by atoms with Crippen molar-refractivity contribution in [2.45, 2.75) is 12.8 Å². The standard InChI is InChI=1S/C8H6Cl2F2.H3N/c9-6-1-5(3-8(11)12)2-7(10)4-6;/h1-2,4,8H,3H2;1H3. The number of hydrogen-bond donors (Lipinski definition) is 1. The van der Waals surface area contributed by atoms with Crippen LogP contribution in [-0.4, -0.2) is 6.43 Å². The van der Waals surface area contributed by atoms with Crippen LogP contribution in [0.25, 0.3) is 0 Å². The average Bonchev–Trinajstić information content (AvgIpc) is 1.81. The van der Waals surface area contributed by atoms with Crippen LogP contribution in [0.15, 0.2) is 18.2 Å². The lowest BCUT2D eigenvalue weighted by atomic mass is 10.2. The Bertz CT molecular complexity index is 259. The first-order chi connectivity index (χ1) is 5.58. The van der Waals surface area contributed by atoms with Gasteiger partial charge in [-0.3, -0.25) is 0 Å². The normalized spacial score (nSPS) is 9.92. The largest absolute Gasteiger partial charge is 0.344 e. The van der Waals surface area contributed by atoms with Gasteiger partial charge in [-0.2, -0.15) is 0 Å². The van der Waals surface area contributed by atoms with Crippen LogP contribution < -0.4 is 6.15 Å². The molecule has 0 bridgehead atoms. The summed E-state index contributed by atoms with van der Waals surface area (Å²) in [5.74, 6) is 0. The third kappa shape index (κ3) is 4.41. The highest BCUT2D eigenvalue weighted by Gasteiger charge is 2.05. The molecule has 0 atom stereocenters. The molecule has 0 unspecified atom stereocenters. The van der Waals surface area contributed by atoms with E-state index in [4.69, 9.17) is 23.2 Å². The van der Waals surface area contributed by atoms with E-state index in [-0.39, 0.29) is 12.6 Å². The van der Waals surface area contributed by atoms with Crippen LogP contribution in [0.4, 0.5) is 8.78 Å². The van der Waals surface area contributed by atoms with Gasteiger partial charge in [0.15, 0.2) is 0 Å². The monoisotopic (exact) mass is 227 g/mol. The predicted octanol–water partition coefficient (Wildman–Crippen LogP) is 3.96. The molecule has 0 fully saturated rings. The van der Waals surface area contributed by atoms with E-state index < -0.39 is 6.43 Å². The second-order valence-corrected chi connectivity index (χ2v) is 3.25. The first-order valence-electron chi connectivity index (χ1n) is 3.31. The predicted molar refractivity (Wildman–Crippen MR) is 51.2 cm³/mol. The maximum Gasteiger partial charge on any atom is 0.242 e. The van der Waals surface area contributed by atoms with Gasteiger partial charge in [-0.05, 0) is 23.8 Å². The van der Waals surface area contributed by atoms with E-state index in [1.165, 1.54) is 18.2 Å². The zero-order chi connectivity index (χ0) is 9.14. The molecule has 0 aliphatic heterocycles. The van der Waals surface area contributed by atoms with E-state index in [1.54, 1.807) is 0 Å². The maximum absolute atomic E-state index is 11.9. The molecule has 0 amide bonds. The Morgan fingerprint density at radius 1 is 1.08 bits per heavy atom. The second-order valence-electron chi connectivity index (χ2n) is 2.37. The van der Waals surface area contributed by atoms with E-state index in [1.807, 2.05) is 0 Å². The summed E-state index contributed by atoms with van der Waals surface area (Å²) in [6, 6.07) is 4.48. The summed E-state index contributed by atoms with van der Waals surface area (Å²) in [6.07, 6.45) is -2.67. The van der Waals surface area contributed by atoms with Gasteiger partial charge in [0, 0.05) is 16.5 Å². The van der Waals surface area contributed by atoms with Crippen LogP contribution in [0.2, 0.25) is 10.0 Å². The van der Waals surface area contributed by atoms with Gasteiger partial charge in [0.2, 0.25) is 6.43 Å². The fraction of sp³-hybridized carbons (Fsp3) is 0.250. The second kappa shape index (κ2) is 5.37. The van der Waals surface area contributed by atoms with Crippen LogP contribution in [-0.2, 0) is 6.42 Å². The van der Waals surface area contributed by atoms with Crippen LogP contribution in [0, 0.1) is 0 Å². The molecule has 0 aromatic heterocycles. The third-order valence-electron chi connectivity index (χ3n) is 1.31. The quantitative estimate of drug-likeness (QED) is 0.816. The molecule has 1 aromatic rings.